The Bertz CT molecular complexity index is 1150. The summed E-state index contributed by atoms with van der Waals surface area (Å²) in [6.07, 6.45) is 7.43. The molecular weight excluding hydrogens is 420 g/mol. The molecule has 0 spiro atoms. The second-order valence-electron chi connectivity index (χ2n) is 9.21. The van der Waals surface area contributed by atoms with Crippen LogP contribution in [0.5, 0.6) is 0 Å². The summed E-state index contributed by atoms with van der Waals surface area (Å²) in [5.74, 6) is 0.674. The summed E-state index contributed by atoms with van der Waals surface area (Å²) in [5, 5.41) is 11.8. The topological polar surface area (TPSA) is 72.2 Å². The molecule has 5 nitrogen and oxygen atoms in total. The van der Waals surface area contributed by atoms with Gasteiger partial charge in [-0.3, -0.25) is 0 Å². The predicted octanol–water partition coefficient (Wildman–Crippen LogP) is 6.01. The van der Waals surface area contributed by atoms with Crippen molar-refractivity contribution < 1.29 is 13.5 Å². The molecule has 174 valence electrons. The second kappa shape index (κ2) is 10.2. The number of sulfone groups is 1. The highest BCUT2D eigenvalue weighted by Crippen LogP contribution is 2.33. The number of rotatable bonds is 10. The minimum absolute atomic E-state index is 0.110. The molecule has 1 N–H and O–H groups in total. The van der Waals surface area contributed by atoms with Crippen molar-refractivity contribution in [2.45, 2.75) is 70.9 Å². The Labute approximate surface area is 192 Å². The van der Waals surface area contributed by atoms with E-state index in [-0.39, 0.29) is 5.92 Å². The van der Waals surface area contributed by atoms with E-state index in [1.54, 1.807) is 24.3 Å². The number of hydrogen-bond acceptors (Lipinski definition) is 4. The van der Waals surface area contributed by atoms with Gasteiger partial charge in [0.15, 0.2) is 9.84 Å². The lowest BCUT2D eigenvalue weighted by molar-refractivity contribution is 0.128. The predicted molar refractivity (Wildman–Crippen MR) is 131 cm³/mol. The SMILES string of the molecule is CCCCC(CC)Cn1cc(C(O)C(C)C)c2ccc(-c3ccc(S(C)(=O)=O)cc3)nc21. The van der Waals surface area contributed by atoms with Crippen molar-refractivity contribution >= 4 is 20.9 Å². The van der Waals surface area contributed by atoms with Crippen LogP contribution < -0.4 is 0 Å². The van der Waals surface area contributed by atoms with Gasteiger partial charge >= 0.3 is 0 Å². The molecule has 1 aromatic carbocycles. The number of hydrogen-bond donors (Lipinski definition) is 1. The van der Waals surface area contributed by atoms with Crippen LogP contribution >= 0.6 is 0 Å². The van der Waals surface area contributed by atoms with Crippen LogP contribution in [0.1, 0.15) is 65.0 Å². The van der Waals surface area contributed by atoms with E-state index in [1.165, 1.54) is 25.5 Å². The molecule has 2 heterocycles. The number of aliphatic hydroxyl groups excluding tert-OH is 1. The Balaban J connectivity index is 2.06. The molecule has 0 fully saturated rings. The molecule has 2 aromatic heterocycles. The summed E-state index contributed by atoms with van der Waals surface area (Å²) in [4.78, 5) is 5.27. The van der Waals surface area contributed by atoms with Crippen LogP contribution in [0.4, 0.5) is 0 Å². The van der Waals surface area contributed by atoms with E-state index in [1.807, 2.05) is 26.0 Å². The van der Waals surface area contributed by atoms with Crippen molar-refractivity contribution in [1.29, 1.82) is 0 Å². The maximum absolute atomic E-state index is 11.8. The van der Waals surface area contributed by atoms with Crippen LogP contribution in [0.15, 0.2) is 47.5 Å². The number of aromatic nitrogens is 2. The Morgan fingerprint density at radius 2 is 1.75 bits per heavy atom. The number of pyridine rings is 1. The highest BCUT2D eigenvalue weighted by molar-refractivity contribution is 7.90. The highest BCUT2D eigenvalue weighted by Gasteiger charge is 2.21. The normalized spacial score (nSPS) is 14.2. The molecule has 2 atom stereocenters. The Kier molecular flexibility index (Phi) is 7.78. The fourth-order valence-electron chi connectivity index (χ4n) is 4.15. The second-order valence-corrected chi connectivity index (χ2v) is 11.2. The third-order valence-corrected chi connectivity index (χ3v) is 7.41. The molecule has 0 aliphatic carbocycles. The summed E-state index contributed by atoms with van der Waals surface area (Å²) in [6, 6.07) is 10.8. The van der Waals surface area contributed by atoms with Gasteiger partial charge in [0, 0.05) is 35.5 Å². The van der Waals surface area contributed by atoms with Crippen molar-refractivity contribution in [3.8, 4) is 11.3 Å². The van der Waals surface area contributed by atoms with Crippen molar-refractivity contribution in [3.63, 3.8) is 0 Å². The molecule has 3 aromatic rings. The molecule has 0 bridgehead atoms. The highest BCUT2D eigenvalue weighted by atomic mass is 32.2. The molecule has 32 heavy (non-hydrogen) atoms. The van der Waals surface area contributed by atoms with Crippen molar-refractivity contribution in [3.05, 3.63) is 48.2 Å². The maximum atomic E-state index is 11.8. The Morgan fingerprint density at radius 3 is 2.31 bits per heavy atom. The molecule has 0 saturated heterocycles. The van der Waals surface area contributed by atoms with Gasteiger partial charge in [-0.2, -0.15) is 0 Å². The van der Waals surface area contributed by atoms with Crippen LogP contribution in [0.25, 0.3) is 22.3 Å². The molecule has 0 radical (unpaired) electrons. The van der Waals surface area contributed by atoms with Crippen LogP contribution in [0, 0.1) is 11.8 Å². The smallest absolute Gasteiger partial charge is 0.175 e. The summed E-state index contributed by atoms with van der Waals surface area (Å²) in [5.41, 5.74) is 3.46. The fourth-order valence-corrected chi connectivity index (χ4v) is 4.78. The van der Waals surface area contributed by atoms with Gasteiger partial charge in [-0.15, -0.1) is 0 Å². The van der Waals surface area contributed by atoms with Gasteiger partial charge in [0.1, 0.15) is 5.65 Å². The fraction of sp³-hybridized carbons (Fsp3) is 0.500. The van der Waals surface area contributed by atoms with Gasteiger partial charge in [0.25, 0.3) is 0 Å². The zero-order valence-corrected chi connectivity index (χ0v) is 20.7. The molecule has 0 amide bonds. The first-order valence-electron chi connectivity index (χ1n) is 11.6. The van der Waals surface area contributed by atoms with Crippen molar-refractivity contribution in [2.75, 3.05) is 6.26 Å². The lowest BCUT2D eigenvalue weighted by Crippen LogP contribution is -2.10. The van der Waals surface area contributed by atoms with Gasteiger partial charge in [-0.05, 0) is 42.5 Å². The summed E-state index contributed by atoms with van der Waals surface area (Å²) >= 11 is 0. The number of benzene rings is 1. The summed E-state index contributed by atoms with van der Waals surface area (Å²) < 4.78 is 25.8. The van der Waals surface area contributed by atoms with Crippen LogP contribution in [0.3, 0.4) is 0 Å². The Hall–Kier alpha value is -2.18. The molecular formula is C26H36N2O3S. The lowest BCUT2D eigenvalue weighted by Gasteiger charge is -2.16. The minimum atomic E-state index is -3.23. The van der Waals surface area contributed by atoms with E-state index in [0.717, 1.165) is 40.8 Å². The van der Waals surface area contributed by atoms with Gasteiger partial charge in [0.05, 0.1) is 16.7 Å². The van der Waals surface area contributed by atoms with Gasteiger partial charge in [-0.25, -0.2) is 13.4 Å². The molecule has 3 rings (SSSR count). The number of nitrogens with zero attached hydrogens (tertiary/aromatic N) is 2. The molecule has 6 heteroatoms. The van der Waals surface area contributed by atoms with E-state index >= 15 is 0 Å². The molecule has 0 aliphatic rings. The first kappa shape index (κ1) is 24.5. The minimum Gasteiger partial charge on any atom is -0.388 e. The molecule has 0 aliphatic heterocycles. The van der Waals surface area contributed by atoms with Gasteiger partial charge < -0.3 is 9.67 Å². The van der Waals surface area contributed by atoms with E-state index in [9.17, 15) is 13.5 Å². The van der Waals surface area contributed by atoms with Crippen LogP contribution in [0.2, 0.25) is 0 Å². The van der Waals surface area contributed by atoms with Crippen molar-refractivity contribution in [1.82, 2.24) is 9.55 Å². The van der Waals surface area contributed by atoms with Crippen molar-refractivity contribution in [2.24, 2.45) is 11.8 Å². The maximum Gasteiger partial charge on any atom is 0.175 e. The first-order valence-corrected chi connectivity index (χ1v) is 13.5. The van der Waals surface area contributed by atoms with E-state index in [4.69, 9.17) is 4.98 Å². The average molecular weight is 457 g/mol. The lowest BCUT2D eigenvalue weighted by atomic mass is 9.99. The quantitative estimate of drug-likeness (QED) is 0.405. The molecule has 2 unspecified atom stereocenters. The van der Waals surface area contributed by atoms with E-state index in [0.29, 0.717) is 10.8 Å². The third-order valence-electron chi connectivity index (χ3n) is 6.28. The average Bonchev–Trinajstić information content (AvgIpc) is 3.12. The number of fused-ring (bicyclic) bond motifs is 1. The zero-order valence-electron chi connectivity index (χ0n) is 19.9. The standard InChI is InChI=1S/C26H36N2O3S/c1-6-8-9-19(7-2)16-28-17-23(25(29)18(3)4)22-14-15-24(27-26(22)28)20-10-12-21(13-11-20)32(5,30)31/h10-15,17-19,25,29H,6-9,16H2,1-5H3. The summed E-state index contributed by atoms with van der Waals surface area (Å²) in [6.45, 7) is 9.38. The zero-order chi connectivity index (χ0) is 23.5. The number of aliphatic hydroxyl groups is 1. The summed E-state index contributed by atoms with van der Waals surface area (Å²) in [7, 11) is -3.23. The van der Waals surface area contributed by atoms with Crippen LogP contribution in [-0.4, -0.2) is 29.3 Å². The molecule has 0 saturated carbocycles. The number of unbranched alkanes of at least 4 members (excludes halogenated alkanes) is 1. The van der Waals surface area contributed by atoms with Gasteiger partial charge in [0.2, 0.25) is 0 Å². The van der Waals surface area contributed by atoms with Gasteiger partial charge in [-0.1, -0.05) is 59.1 Å². The van der Waals surface area contributed by atoms with E-state index < -0.39 is 15.9 Å². The largest absolute Gasteiger partial charge is 0.388 e. The first-order chi connectivity index (χ1) is 15.2. The third kappa shape index (κ3) is 5.41. The van der Waals surface area contributed by atoms with E-state index in [2.05, 4.69) is 24.6 Å². The monoisotopic (exact) mass is 456 g/mol. The van der Waals surface area contributed by atoms with Crippen LogP contribution in [-0.2, 0) is 16.4 Å². The Morgan fingerprint density at radius 1 is 1.06 bits per heavy atom.